The third-order valence-electron chi connectivity index (χ3n) is 3.74. The van der Waals surface area contributed by atoms with Gasteiger partial charge in [0.15, 0.2) is 0 Å². The van der Waals surface area contributed by atoms with E-state index in [0.29, 0.717) is 5.02 Å². The largest absolute Gasteiger partial charge is 0.481 e. The van der Waals surface area contributed by atoms with E-state index in [1.54, 1.807) is 6.07 Å². The van der Waals surface area contributed by atoms with Crippen LogP contribution in [-0.2, 0) is 4.79 Å². The van der Waals surface area contributed by atoms with Crippen molar-refractivity contribution < 1.29 is 14.3 Å². The lowest BCUT2D eigenvalue weighted by atomic mass is 10.0. The van der Waals surface area contributed by atoms with Crippen molar-refractivity contribution in [1.29, 1.82) is 0 Å². The average molecular weight is 286 g/mol. The molecule has 1 saturated heterocycles. The number of halogens is 2. The number of benzene rings is 1. The summed E-state index contributed by atoms with van der Waals surface area (Å²) in [5, 5.41) is 9.23. The highest BCUT2D eigenvalue weighted by molar-refractivity contribution is 6.31. The first-order valence-electron chi connectivity index (χ1n) is 6.38. The molecule has 0 aromatic heterocycles. The Kier molecular flexibility index (Phi) is 4.42. The van der Waals surface area contributed by atoms with Gasteiger partial charge in [-0.05, 0) is 43.5 Å². The molecule has 0 saturated carbocycles. The summed E-state index contributed by atoms with van der Waals surface area (Å²) in [6.07, 6.45) is 1.09. The van der Waals surface area contributed by atoms with Gasteiger partial charge in [0.2, 0.25) is 0 Å². The Morgan fingerprint density at radius 3 is 3.00 bits per heavy atom. The van der Waals surface area contributed by atoms with E-state index in [1.807, 2.05) is 6.92 Å². The van der Waals surface area contributed by atoms with Crippen LogP contribution in [0.2, 0.25) is 5.02 Å². The van der Waals surface area contributed by atoms with Gasteiger partial charge < -0.3 is 5.11 Å². The van der Waals surface area contributed by atoms with Crippen LogP contribution < -0.4 is 0 Å². The molecule has 2 atom stereocenters. The first-order chi connectivity index (χ1) is 8.97. The van der Waals surface area contributed by atoms with Crippen molar-refractivity contribution in [2.45, 2.75) is 25.8 Å². The summed E-state index contributed by atoms with van der Waals surface area (Å²) in [7, 11) is 0. The van der Waals surface area contributed by atoms with E-state index in [2.05, 4.69) is 4.90 Å². The molecule has 2 rings (SSSR count). The van der Waals surface area contributed by atoms with Crippen molar-refractivity contribution in [3.8, 4) is 0 Å². The molecule has 1 fully saturated rings. The third kappa shape index (κ3) is 3.45. The zero-order valence-corrected chi connectivity index (χ0v) is 11.5. The van der Waals surface area contributed by atoms with Gasteiger partial charge in [-0.2, -0.15) is 0 Å². The molecule has 0 spiro atoms. The predicted molar refractivity (Wildman–Crippen MR) is 71.8 cm³/mol. The van der Waals surface area contributed by atoms with Crippen LogP contribution in [0.5, 0.6) is 0 Å². The average Bonchev–Trinajstić information content (AvgIpc) is 2.75. The summed E-state index contributed by atoms with van der Waals surface area (Å²) in [6.45, 7) is 3.62. The van der Waals surface area contributed by atoms with E-state index >= 15 is 0 Å². The number of hydrogen-bond acceptors (Lipinski definition) is 2. The molecule has 1 aromatic rings. The molecule has 5 heteroatoms. The van der Waals surface area contributed by atoms with Gasteiger partial charge in [-0.15, -0.1) is 0 Å². The second-order valence-corrected chi connectivity index (χ2v) is 5.50. The van der Waals surface area contributed by atoms with Crippen LogP contribution in [0.25, 0.3) is 0 Å². The van der Waals surface area contributed by atoms with E-state index in [1.165, 1.54) is 12.1 Å². The predicted octanol–water partition coefficient (Wildman–Crippen LogP) is 3.34. The molecule has 104 valence electrons. The quantitative estimate of drug-likeness (QED) is 0.922. The van der Waals surface area contributed by atoms with Crippen molar-refractivity contribution in [2.24, 2.45) is 5.92 Å². The minimum Gasteiger partial charge on any atom is -0.481 e. The molecule has 1 heterocycles. The Labute approximate surface area is 117 Å². The number of rotatable bonds is 4. The van der Waals surface area contributed by atoms with E-state index in [-0.39, 0.29) is 24.2 Å². The molecule has 2 unspecified atom stereocenters. The second-order valence-electron chi connectivity index (χ2n) is 5.09. The van der Waals surface area contributed by atoms with Crippen LogP contribution in [0, 0.1) is 11.7 Å². The van der Waals surface area contributed by atoms with Gasteiger partial charge in [0.25, 0.3) is 0 Å². The fourth-order valence-electron chi connectivity index (χ4n) is 2.66. The Hall–Kier alpha value is -1.13. The summed E-state index contributed by atoms with van der Waals surface area (Å²) in [5.41, 5.74) is 0.888. The fraction of sp³-hybridized carbons (Fsp3) is 0.500. The Bertz CT molecular complexity index is 481. The first-order valence-corrected chi connectivity index (χ1v) is 6.76. The van der Waals surface area contributed by atoms with Gasteiger partial charge in [0.1, 0.15) is 5.82 Å². The van der Waals surface area contributed by atoms with Crippen molar-refractivity contribution in [3.05, 3.63) is 34.6 Å². The number of likely N-dealkylation sites (tertiary alicyclic amines) is 1. The van der Waals surface area contributed by atoms with Crippen LogP contribution in [0.4, 0.5) is 4.39 Å². The highest BCUT2D eigenvalue weighted by Crippen LogP contribution is 2.32. The Morgan fingerprint density at radius 1 is 1.63 bits per heavy atom. The van der Waals surface area contributed by atoms with E-state index in [0.717, 1.165) is 25.1 Å². The van der Waals surface area contributed by atoms with Crippen molar-refractivity contribution >= 4 is 17.6 Å². The molecule has 1 N–H and O–H groups in total. The van der Waals surface area contributed by atoms with Crippen molar-refractivity contribution in [1.82, 2.24) is 4.90 Å². The number of aliphatic carboxylic acids is 1. The summed E-state index contributed by atoms with van der Waals surface area (Å²) in [6, 6.07) is 4.50. The lowest BCUT2D eigenvalue weighted by Gasteiger charge is -2.25. The van der Waals surface area contributed by atoms with E-state index < -0.39 is 5.97 Å². The van der Waals surface area contributed by atoms with Crippen LogP contribution in [0.1, 0.15) is 31.4 Å². The standard InChI is InChI=1S/C14H17ClFNO2/c1-9(12-3-2-11(16)7-13(12)15)17-5-4-10(8-17)6-14(18)19/h2-3,7,9-10H,4-6,8H2,1H3,(H,18,19). The molecule has 19 heavy (non-hydrogen) atoms. The summed E-state index contributed by atoms with van der Waals surface area (Å²) < 4.78 is 13.0. The summed E-state index contributed by atoms with van der Waals surface area (Å²) >= 11 is 6.06. The highest BCUT2D eigenvalue weighted by atomic mass is 35.5. The minimum atomic E-state index is -0.751. The number of carbonyl (C=O) groups is 1. The van der Waals surface area contributed by atoms with Gasteiger partial charge in [0, 0.05) is 24.0 Å². The van der Waals surface area contributed by atoms with Crippen LogP contribution >= 0.6 is 11.6 Å². The fourth-order valence-corrected chi connectivity index (χ4v) is 2.99. The molecule has 1 aliphatic rings. The summed E-state index contributed by atoms with van der Waals surface area (Å²) in [5.74, 6) is -0.899. The maximum absolute atomic E-state index is 13.0. The Balaban J connectivity index is 2.04. The van der Waals surface area contributed by atoms with Crippen molar-refractivity contribution in [3.63, 3.8) is 0 Å². The van der Waals surface area contributed by atoms with Crippen LogP contribution in [0.3, 0.4) is 0 Å². The summed E-state index contributed by atoms with van der Waals surface area (Å²) in [4.78, 5) is 12.9. The van der Waals surface area contributed by atoms with Crippen LogP contribution in [0.15, 0.2) is 18.2 Å². The second kappa shape index (κ2) is 5.88. The number of nitrogens with zero attached hydrogens (tertiary/aromatic N) is 1. The molecule has 0 radical (unpaired) electrons. The molecule has 0 aliphatic carbocycles. The molecule has 0 amide bonds. The molecule has 0 bridgehead atoms. The SMILES string of the molecule is CC(c1ccc(F)cc1Cl)N1CCC(CC(=O)O)C1. The zero-order chi connectivity index (χ0) is 14.0. The molecular weight excluding hydrogens is 269 g/mol. The molecule has 1 aromatic carbocycles. The monoisotopic (exact) mass is 285 g/mol. The smallest absolute Gasteiger partial charge is 0.303 e. The maximum atomic E-state index is 13.0. The first kappa shape index (κ1) is 14.3. The van der Waals surface area contributed by atoms with E-state index in [4.69, 9.17) is 16.7 Å². The van der Waals surface area contributed by atoms with Gasteiger partial charge in [0.05, 0.1) is 0 Å². The highest BCUT2D eigenvalue weighted by Gasteiger charge is 2.28. The van der Waals surface area contributed by atoms with E-state index in [9.17, 15) is 9.18 Å². The number of carboxylic acids is 1. The normalized spacial score (nSPS) is 21.5. The minimum absolute atomic E-state index is 0.0758. The maximum Gasteiger partial charge on any atom is 0.303 e. The Morgan fingerprint density at radius 2 is 2.37 bits per heavy atom. The van der Waals surface area contributed by atoms with Gasteiger partial charge in [-0.1, -0.05) is 17.7 Å². The molecular formula is C14H17ClFNO2. The van der Waals surface area contributed by atoms with Crippen LogP contribution in [-0.4, -0.2) is 29.1 Å². The van der Waals surface area contributed by atoms with Crippen molar-refractivity contribution in [2.75, 3.05) is 13.1 Å². The topological polar surface area (TPSA) is 40.5 Å². The number of carboxylic acid groups (broad SMARTS) is 1. The van der Waals surface area contributed by atoms with Gasteiger partial charge >= 0.3 is 5.97 Å². The zero-order valence-electron chi connectivity index (χ0n) is 10.8. The third-order valence-corrected chi connectivity index (χ3v) is 4.07. The van der Waals surface area contributed by atoms with Gasteiger partial charge in [-0.25, -0.2) is 4.39 Å². The number of hydrogen-bond donors (Lipinski definition) is 1. The lowest BCUT2D eigenvalue weighted by Crippen LogP contribution is -2.25. The van der Waals surface area contributed by atoms with Gasteiger partial charge in [-0.3, -0.25) is 9.69 Å². The molecule has 3 nitrogen and oxygen atoms in total. The molecule has 1 aliphatic heterocycles. The lowest BCUT2D eigenvalue weighted by molar-refractivity contribution is -0.138.